The summed E-state index contributed by atoms with van der Waals surface area (Å²) in [7, 11) is 1.40. The molecule has 1 heterocycles. The second-order valence-corrected chi connectivity index (χ2v) is 7.33. The number of ether oxygens (including phenoxy) is 1. The molecule has 1 unspecified atom stereocenters. The highest BCUT2D eigenvalue weighted by Gasteiger charge is 2.50. The Morgan fingerprint density at radius 3 is 2.63 bits per heavy atom. The second kappa shape index (κ2) is 7.91. The van der Waals surface area contributed by atoms with E-state index in [2.05, 4.69) is 10.6 Å². The van der Waals surface area contributed by atoms with Crippen LogP contribution in [0.15, 0.2) is 30.3 Å². The Morgan fingerprint density at radius 2 is 1.97 bits per heavy atom. The van der Waals surface area contributed by atoms with Gasteiger partial charge in [-0.25, -0.2) is 13.6 Å². The highest BCUT2D eigenvalue weighted by molar-refractivity contribution is 6.31. The van der Waals surface area contributed by atoms with Gasteiger partial charge in [-0.2, -0.15) is 0 Å². The molecule has 1 aliphatic heterocycles. The number of nitrogens with zero attached hydrogens (tertiary/aromatic N) is 1. The van der Waals surface area contributed by atoms with Crippen molar-refractivity contribution < 1.29 is 27.9 Å². The molecule has 2 aromatic carbocycles. The van der Waals surface area contributed by atoms with Gasteiger partial charge in [0.25, 0.3) is 5.91 Å². The minimum atomic E-state index is -1.85. The first-order valence-corrected chi connectivity index (χ1v) is 9.18. The molecule has 158 valence electrons. The van der Waals surface area contributed by atoms with Crippen LogP contribution in [0.25, 0.3) is 0 Å². The molecular formula is C20H18ClF2N3O4. The topological polar surface area (TPSA) is 87.7 Å². The van der Waals surface area contributed by atoms with E-state index in [1.54, 1.807) is 13.0 Å². The van der Waals surface area contributed by atoms with Crippen LogP contribution < -0.4 is 15.4 Å². The van der Waals surface area contributed by atoms with Crippen LogP contribution in [0.1, 0.15) is 18.1 Å². The van der Waals surface area contributed by atoms with Gasteiger partial charge in [-0.15, -0.1) is 0 Å². The maximum absolute atomic E-state index is 14.2. The molecule has 3 rings (SSSR count). The largest absolute Gasteiger partial charge is 0.495 e. The van der Waals surface area contributed by atoms with E-state index in [0.29, 0.717) is 26.9 Å². The van der Waals surface area contributed by atoms with Crippen LogP contribution >= 0.6 is 11.6 Å². The number of anilines is 1. The lowest BCUT2D eigenvalue weighted by Crippen LogP contribution is -2.42. The van der Waals surface area contributed by atoms with Gasteiger partial charge in [0.05, 0.1) is 12.8 Å². The third kappa shape index (κ3) is 3.80. The molecule has 1 fully saturated rings. The predicted octanol–water partition coefficient (Wildman–Crippen LogP) is 3.34. The van der Waals surface area contributed by atoms with Gasteiger partial charge in [-0.05, 0) is 43.7 Å². The van der Waals surface area contributed by atoms with E-state index in [1.165, 1.54) is 20.1 Å². The molecular weight excluding hydrogens is 420 g/mol. The molecule has 1 atom stereocenters. The van der Waals surface area contributed by atoms with E-state index < -0.39 is 41.6 Å². The average Bonchev–Trinajstić information content (AvgIpc) is 2.90. The van der Waals surface area contributed by atoms with E-state index in [1.807, 2.05) is 0 Å². The van der Waals surface area contributed by atoms with E-state index in [4.69, 9.17) is 16.3 Å². The van der Waals surface area contributed by atoms with Crippen molar-refractivity contribution in [2.45, 2.75) is 19.4 Å². The number of rotatable bonds is 5. The third-order valence-corrected chi connectivity index (χ3v) is 5.21. The Kier molecular flexibility index (Phi) is 5.67. The zero-order chi connectivity index (χ0) is 22.2. The number of methoxy groups -OCH3 is 1. The number of amides is 4. The first kappa shape index (κ1) is 21.5. The summed E-state index contributed by atoms with van der Waals surface area (Å²) in [5.41, 5.74) is -1.20. The van der Waals surface area contributed by atoms with Crippen molar-refractivity contribution in [3.63, 3.8) is 0 Å². The Bertz CT molecular complexity index is 1060. The van der Waals surface area contributed by atoms with Crippen LogP contribution in [0.2, 0.25) is 5.02 Å². The molecule has 4 amide bonds. The van der Waals surface area contributed by atoms with Crippen molar-refractivity contribution in [1.82, 2.24) is 10.2 Å². The number of hydrogen-bond donors (Lipinski definition) is 2. The zero-order valence-corrected chi connectivity index (χ0v) is 17.1. The molecule has 0 aromatic heterocycles. The number of imide groups is 1. The lowest BCUT2D eigenvalue weighted by Gasteiger charge is -2.22. The fraction of sp³-hybridized carbons (Fsp3) is 0.250. The smallest absolute Gasteiger partial charge is 0.325 e. The van der Waals surface area contributed by atoms with Gasteiger partial charge in [-0.3, -0.25) is 14.5 Å². The summed E-state index contributed by atoms with van der Waals surface area (Å²) in [5.74, 6) is -2.91. The van der Waals surface area contributed by atoms with E-state index in [-0.39, 0.29) is 5.56 Å². The summed E-state index contributed by atoms with van der Waals surface area (Å²) < 4.78 is 33.0. The standard InChI is InChI=1S/C20H18ClF2N3O4/c1-10-6-15(16(30-3)8-13(10)21)24-17(27)9-26-18(28)20(2,25-19(26)29)12-7-11(22)4-5-14(12)23/h4-8H,9H2,1-3H3,(H,24,27)(H,25,29). The molecule has 0 bridgehead atoms. The lowest BCUT2D eigenvalue weighted by atomic mass is 9.91. The molecule has 2 N–H and O–H groups in total. The highest BCUT2D eigenvalue weighted by atomic mass is 35.5. The van der Waals surface area contributed by atoms with Gasteiger partial charge >= 0.3 is 6.03 Å². The second-order valence-electron chi connectivity index (χ2n) is 6.92. The van der Waals surface area contributed by atoms with Gasteiger partial charge < -0.3 is 15.4 Å². The van der Waals surface area contributed by atoms with Crippen LogP contribution in [0.5, 0.6) is 5.75 Å². The van der Waals surface area contributed by atoms with Crippen LogP contribution in [0.3, 0.4) is 0 Å². The molecule has 30 heavy (non-hydrogen) atoms. The number of aryl methyl sites for hydroxylation is 1. The van der Waals surface area contributed by atoms with Crippen molar-refractivity contribution in [2.75, 3.05) is 19.0 Å². The van der Waals surface area contributed by atoms with Crippen molar-refractivity contribution in [1.29, 1.82) is 0 Å². The fourth-order valence-electron chi connectivity index (χ4n) is 3.17. The van der Waals surface area contributed by atoms with E-state index >= 15 is 0 Å². The molecule has 0 radical (unpaired) electrons. The van der Waals surface area contributed by atoms with E-state index in [9.17, 15) is 23.2 Å². The Morgan fingerprint density at radius 1 is 1.27 bits per heavy atom. The van der Waals surface area contributed by atoms with Gasteiger partial charge in [0.1, 0.15) is 29.5 Å². The molecule has 10 heteroatoms. The summed E-state index contributed by atoms with van der Waals surface area (Å²) in [5, 5.41) is 5.32. The van der Waals surface area contributed by atoms with Crippen molar-refractivity contribution in [3.8, 4) is 5.75 Å². The zero-order valence-electron chi connectivity index (χ0n) is 16.3. The van der Waals surface area contributed by atoms with Gasteiger partial charge in [0.15, 0.2) is 0 Å². The minimum Gasteiger partial charge on any atom is -0.495 e. The Hall–Kier alpha value is -3.20. The molecule has 1 aliphatic rings. The lowest BCUT2D eigenvalue weighted by molar-refractivity contribution is -0.133. The minimum absolute atomic E-state index is 0.294. The average molecular weight is 438 g/mol. The SMILES string of the molecule is COc1cc(Cl)c(C)cc1NC(=O)CN1C(=O)NC(C)(c2cc(F)ccc2F)C1=O. The van der Waals surface area contributed by atoms with E-state index in [0.717, 1.165) is 18.2 Å². The fourth-order valence-corrected chi connectivity index (χ4v) is 3.32. The molecule has 7 nitrogen and oxygen atoms in total. The van der Waals surface area contributed by atoms with Gasteiger partial charge in [0, 0.05) is 16.7 Å². The maximum atomic E-state index is 14.2. The number of nitrogens with one attached hydrogen (secondary N) is 2. The summed E-state index contributed by atoms with van der Waals surface area (Å²) >= 11 is 6.03. The maximum Gasteiger partial charge on any atom is 0.325 e. The van der Waals surface area contributed by atoms with Crippen LogP contribution in [-0.4, -0.2) is 36.4 Å². The number of hydrogen-bond acceptors (Lipinski definition) is 4. The van der Waals surface area contributed by atoms with Crippen LogP contribution in [-0.2, 0) is 15.1 Å². The first-order valence-electron chi connectivity index (χ1n) is 8.80. The number of urea groups is 1. The summed E-state index contributed by atoms with van der Waals surface area (Å²) in [6.45, 7) is 2.34. The molecule has 1 saturated heterocycles. The normalized spacial score (nSPS) is 18.4. The molecule has 0 aliphatic carbocycles. The first-order chi connectivity index (χ1) is 14.1. The van der Waals surface area contributed by atoms with Crippen molar-refractivity contribution in [2.24, 2.45) is 0 Å². The Labute approximate surface area is 175 Å². The molecule has 0 saturated carbocycles. The monoisotopic (exact) mass is 437 g/mol. The number of benzene rings is 2. The number of carbonyl (C=O) groups excluding carboxylic acids is 3. The third-order valence-electron chi connectivity index (χ3n) is 4.80. The number of carbonyl (C=O) groups is 3. The summed E-state index contributed by atoms with van der Waals surface area (Å²) in [4.78, 5) is 38.3. The van der Waals surface area contributed by atoms with Crippen LogP contribution in [0.4, 0.5) is 19.3 Å². The summed E-state index contributed by atoms with van der Waals surface area (Å²) in [6, 6.07) is 4.79. The van der Waals surface area contributed by atoms with Crippen molar-refractivity contribution >= 4 is 35.1 Å². The number of halogens is 3. The van der Waals surface area contributed by atoms with Gasteiger partial charge in [-0.1, -0.05) is 11.6 Å². The van der Waals surface area contributed by atoms with Crippen molar-refractivity contribution in [3.05, 3.63) is 58.1 Å². The quantitative estimate of drug-likeness (QED) is 0.702. The van der Waals surface area contributed by atoms with Gasteiger partial charge in [0.2, 0.25) is 5.91 Å². The highest BCUT2D eigenvalue weighted by Crippen LogP contribution is 2.32. The van der Waals surface area contributed by atoms with Crippen LogP contribution in [0, 0.1) is 18.6 Å². The molecule has 2 aromatic rings. The Balaban J connectivity index is 1.82. The molecule has 0 spiro atoms. The summed E-state index contributed by atoms with van der Waals surface area (Å²) in [6.07, 6.45) is 0. The predicted molar refractivity (Wildman–Crippen MR) is 105 cm³/mol.